The van der Waals surface area contributed by atoms with Gasteiger partial charge in [0.15, 0.2) is 0 Å². The van der Waals surface area contributed by atoms with Crippen LogP contribution >= 0.6 is 0 Å². The van der Waals surface area contributed by atoms with Gasteiger partial charge in [-0.05, 0) is 60.9 Å². The van der Waals surface area contributed by atoms with Gasteiger partial charge in [-0.25, -0.2) is 4.68 Å². The molecule has 1 aromatic carbocycles. The minimum Gasteiger partial charge on any atom is -0.349 e. The Morgan fingerprint density at radius 3 is 2.67 bits per heavy atom. The van der Waals surface area contributed by atoms with Crippen LogP contribution in [0.3, 0.4) is 0 Å². The average Bonchev–Trinajstić information content (AvgIpc) is 3.18. The van der Waals surface area contributed by atoms with Crippen LogP contribution in [-0.4, -0.2) is 20.7 Å². The zero-order chi connectivity index (χ0) is 21.1. The molecular formula is C25H30N4O. The van der Waals surface area contributed by atoms with Crippen LogP contribution < -0.4 is 5.32 Å². The number of hydrogen-bond acceptors (Lipinski definition) is 3. The van der Waals surface area contributed by atoms with Crippen LogP contribution in [0.4, 0.5) is 0 Å². The largest absolute Gasteiger partial charge is 0.349 e. The number of nitrogens with one attached hydrogen (secondary N) is 1. The summed E-state index contributed by atoms with van der Waals surface area (Å²) in [4.78, 5) is 16.8. The van der Waals surface area contributed by atoms with Crippen molar-refractivity contribution in [3.8, 4) is 5.69 Å². The Morgan fingerprint density at radius 2 is 1.97 bits per heavy atom. The molecule has 0 spiro atoms. The van der Waals surface area contributed by atoms with E-state index in [9.17, 15) is 4.79 Å². The van der Waals surface area contributed by atoms with Crippen molar-refractivity contribution in [2.75, 3.05) is 0 Å². The lowest BCUT2D eigenvalue weighted by molar-refractivity contribution is -0.121. The lowest BCUT2D eigenvalue weighted by Crippen LogP contribution is -2.31. The number of aromatic nitrogens is 3. The fourth-order valence-corrected chi connectivity index (χ4v) is 4.09. The van der Waals surface area contributed by atoms with Crippen molar-refractivity contribution in [2.45, 2.75) is 64.3 Å². The van der Waals surface area contributed by atoms with Crippen LogP contribution in [0.5, 0.6) is 0 Å². The first-order valence-corrected chi connectivity index (χ1v) is 10.8. The van der Waals surface area contributed by atoms with E-state index >= 15 is 0 Å². The summed E-state index contributed by atoms with van der Waals surface area (Å²) in [6, 6.07) is 14.5. The molecule has 4 rings (SSSR count). The predicted octanol–water partition coefficient (Wildman–Crippen LogP) is 4.69. The number of amides is 1. The summed E-state index contributed by atoms with van der Waals surface area (Å²) < 4.78 is 2.04. The first-order chi connectivity index (χ1) is 14.4. The van der Waals surface area contributed by atoms with Gasteiger partial charge >= 0.3 is 0 Å². The molecule has 1 aliphatic rings. The van der Waals surface area contributed by atoms with Crippen molar-refractivity contribution in [1.29, 1.82) is 0 Å². The third-order valence-electron chi connectivity index (χ3n) is 5.83. The van der Waals surface area contributed by atoms with Gasteiger partial charge in [-0.3, -0.25) is 9.78 Å². The van der Waals surface area contributed by atoms with E-state index in [-0.39, 0.29) is 17.4 Å². The Hall–Kier alpha value is -2.95. The molecule has 2 aromatic heterocycles. The van der Waals surface area contributed by atoms with Gasteiger partial charge < -0.3 is 5.32 Å². The highest BCUT2D eigenvalue weighted by molar-refractivity contribution is 5.76. The molecule has 5 nitrogen and oxygen atoms in total. The van der Waals surface area contributed by atoms with Gasteiger partial charge in [0.1, 0.15) is 0 Å². The molecule has 5 heteroatoms. The van der Waals surface area contributed by atoms with E-state index < -0.39 is 0 Å². The van der Waals surface area contributed by atoms with E-state index in [1.165, 1.54) is 11.3 Å². The van der Waals surface area contributed by atoms with E-state index in [1.54, 1.807) is 6.20 Å². The SMILES string of the molecule is CC(C)(C)c1ccc(-n2ncc3c2CCCC3NC(=O)CCc2ccccn2)cc1. The molecule has 3 aromatic rings. The Balaban J connectivity index is 1.46. The molecule has 1 N–H and O–H groups in total. The van der Waals surface area contributed by atoms with Crippen molar-refractivity contribution in [1.82, 2.24) is 20.1 Å². The number of carbonyl (C=O) groups excluding carboxylic acids is 1. The van der Waals surface area contributed by atoms with Gasteiger partial charge in [0.05, 0.1) is 17.9 Å². The molecule has 1 atom stereocenters. The number of hydrogen-bond donors (Lipinski definition) is 1. The van der Waals surface area contributed by atoms with Crippen LogP contribution in [-0.2, 0) is 23.1 Å². The molecule has 0 radical (unpaired) electrons. The van der Waals surface area contributed by atoms with Crippen LogP contribution in [0.25, 0.3) is 5.69 Å². The second kappa shape index (κ2) is 8.42. The highest BCUT2D eigenvalue weighted by atomic mass is 16.1. The van der Waals surface area contributed by atoms with E-state index in [1.807, 2.05) is 29.1 Å². The van der Waals surface area contributed by atoms with Gasteiger partial charge in [-0.2, -0.15) is 5.10 Å². The zero-order valence-electron chi connectivity index (χ0n) is 18.1. The maximum Gasteiger partial charge on any atom is 0.220 e. The van der Waals surface area contributed by atoms with Gasteiger partial charge in [-0.15, -0.1) is 0 Å². The first kappa shape index (κ1) is 20.3. The number of aryl methyl sites for hydroxylation is 1. The fraction of sp³-hybridized carbons (Fsp3) is 0.400. The highest BCUT2D eigenvalue weighted by Gasteiger charge is 2.26. The highest BCUT2D eigenvalue weighted by Crippen LogP contribution is 2.32. The Bertz CT molecular complexity index is 1000. The van der Waals surface area contributed by atoms with Gasteiger partial charge in [0.25, 0.3) is 0 Å². The third-order valence-corrected chi connectivity index (χ3v) is 5.83. The van der Waals surface area contributed by atoms with Crippen molar-refractivity contribution >= 4 is 5.91 Å². The summed E-state index contributed by atoms with van der Waals surface area (Å²) in [6.45, 7) is 6.66. The normalized spacial score (nSPS) is 16.2. The average molecular weight is 403 g/mol. The molecule has 0 aliphatic heterocycles. The summed E-state index contributed by atoms with van der Waals surface area (Å²) in [7, 11) is 0. The number of pyridine rings is 1. The maximum absolute atomic E-state index is 12.5. The number of nitrogens with zero attached hydrogens (tertiary/aromatic N) is 3. The Labute approximate surface area is 178 Å². The first-order valence-electron chi connectivity index (χ1n) is 10.8. The van der Waals surface area contributed by atoms with Crippen molar-refractivity contribution in [3.63, 3.8) is 0 Å². The smallest absolute Gasteiger partial charge is 0.220 e. The zero-order valence-corrected chi connectivity index (χ0v) is 18.1. The summed E-state index contributed by atoms with van der Waals surface area (Å²) >= 11 is 0. The monoisotopic (exact) mass is 402 g/mol. The summed E-state index contributed by atoms with van der Waals surface area (Å²) in [5.74, 6) is 0.0702. The van der Waals surface area contributed by atoms with Crippen LogP contribution in [0.15, 0.2) is 54.9 Å². The Kier molecular flexibility index (Phi) is 5.71. The molecule has 0 bridgehead atoms. The van der Waals surface area contributed by atoms with E-state index in [2.05, 4.69) is 60.4 Å². The lowest BCUT2D eigenvalue weighted by Gasteiger charge is -2.24. The molecule has 0 fully saturated rings. The van der Waals surface area contributed by atoms with Gasteiger partial charge in [0, 0.05) is 29.6 Å². The van der Waals surface area contributed by atoms with Crippen molar-refractivity contribution < 1.29 is 4.79 Å². The van der Waals surface area contributed by atoms with E-state index in [4.69, 9.17) is 0 Å². The predicted molar refractivity (Wildman–Crippen MR) is 119 cm³/mol. The van der Waals surface area contributed by atoms with Crippen LogP contribution in [0.2, 0.25) is 0 Å². The molecule has 0 saturated carbocycles. The molecule has 1 amide bonds. The topological polar surface area (TPSA) is 59.8 Å². The fourth-order valence-electron chi connectivity index (χ4n) is 4.09. The minimum absolute atomic E-state index is 0.0348. The van der Waals surface area contributed by atoms with E-state index in [0.717, 1.165) is 36.2 Å². The number of rotatable bonds is 5. The molecule has 1 unspecified atom stereocenters. The maximum atomic E-state index is 12.5. The molecular weight excluding hydrogens is 372 g/mol. The standard InChI is InChI=1S/C25H30N4O/c1-25(2,3)18-10-13-20(14-11-18)29-23-9-6-8-22(21(23)17-27-29)28-24(30)15-12-19-7-4-5-16-26-19/h4-5,7,10-11,13-14,16-17,22H,6,8-9,12,15H2,1-3H3,(H,28,30). The number of benzene rings is 1. The quantitative estimate of drug-likeness (QED) is 0.673. The Morgan fingerprint density at radius 1 is 1.17 bits per heavy atom. The summed E-state index contributed by atoms with van der Waals surface area (Å²) in [6.07, 6.45) is 7.79. The molecule has 30 heavy (non-hydrogen) atoms. The van der Waals surface area contributed by atoms with Crippen molar-refractivity contribution in [3.05, 3.63) is 77.4 Å². The summed E-state index contributed by atoms with van der Waals surface area (Å²) in [5, 5.41) is 7.89. The van der Waals surface area contributed by atoms with Gasteiger partial charge in [-0.1, -0.05) is 39.0 Å². The summed E-state index contributed by atoms with van der Waals surface area (Å²) in [5.41, 5.74) is 5.82. The molecule has 2 heterocycles. The minimum atomic E-state index is 0.0348. The number of carbonyl (C=O) groups is 1. The molecule has 1 aliphatic carbocycles. The van der Waals surface area contributed by atoms with Crippen molar-refractivity contribution in [2.24, 2.45) is 0 Å². The second-order valence-electron chi connectivity index (χ2n) is 9.09. The molecule has 156 valence electrons. The lowest BCUT2D eigenvalue weighted by atomic mass is 9.87. The van der Waals surface area contributed by atoms with Crippen LogP contribution in [0, 0.1) is 0 Å². The van der Waals surface area contributed by atoms with E-state index in [0.29, 0.717) is 12.8 Å². The number of fused-ring (bicyclic) bond motifs is 1. The van der Waals surface area contributed by atoms with Gasteiger partial charge in [0.2, 0.25) is 5.91 Å². The van der Waals surface area contributed by atoms with Crippen LogP contribution in [0.1, 0.15) is 68.6 Å². The third kappa shape index (κ3) is 4.45. The second-order valence-corrected chi connectivity index (χ2v) is 9.09. The molecule has 0 saturated heterocycles.